The molecule has 2 aromatic rings. The fraction of sp³-hybridized carbons (Fsp3) is 0.333. The van der Waals surface area contributed by atoms with E-state index in [4.69, 9.17) is 4.74 Å². The summed E-state index contributed by atoms with van der Waals surface area (Å²) in [5.74, 6) is 0.126. The number of carbonyl (C=O) groups excluding carboxylic acids is 2. The number of anilines is 2. The van der Waals surface area contributed by atoms with Gasteiger partial charge in [-0.1, -0.05) is 26.0 Å². The van der Waals surface area contributed by atoms with Gasteiger partial charge in [0.25, 0.3) is 0 Å². The van der Waals surface area contributed by atoms with E-state index < -0.39 is 10.0 Å². The zero-order valence-electron chi connectivity index (χ0n) is 17.5. The van der Waals surface area contributed by atoms with Gasteiger partial charge in [0, 0.05) is 25.6 Å². The molecule has 2 amide bonds. The average Bonchev–Trinajstić information content (AvgIpc) is 2.67. The quantitative estimate of drug-likeness (QED) is 0.562. The highest BCUT2D eigenvalue weighted by atomic mass is 32.2. The van der Waals surface area contributed by atoms with Crippen molar-refractivity contribution in [2.75, 3.05) is 24.3 Å². The molecule has 0 spiro atoms. The lowest BCUT2D eigenvalue weighted by Gasteiger charge is -2.12. The molecule has 0 fully saturated rings. The summed E-state index contributed by atoms with van der Waals surface area (Å²) in [6, 6.07) is 11.5. The van der Waals surface area contributed by atoms with Crippen molar-refractivity contribution in [1.29, 1.82) is 0 Å². The molecule has 0 aliphatic heterocycles. The molecule has 0 unspecified atom stereocenters. The smallest absolute Gasteiger partial charge is 0.240 e. The number of carbonyl (C=O) groups is 2. The summed E-state index contributed by atoms with van der Waals surface area (Å²) in [5.41, 5.74) is 1.93. The molecule has 0 aliphatic rings. The first-order valence-corrected chi connectivity index (χ1v) is 11.0. The highest BCUT2D eigenvalue weighted by Crippen LogP contribution is 2.27. The van der Waals surface area contributed by atoms with Gasteiger partial charge in [-0.2, -0.15) is 0 Å². The lowest BCUT2D eigenvalue weighted by Crippen LogP contribution is -2.27. The van der Waals surface area contributed by atoms with Crippen molar-refractivity contribution in [3.05, 3.63) is 48.0 Å². The minimum atomic E-state index is -3.69. The number of ether oxygens (including phenoxy) is 1. The molecule has 0 bridgehead atoms. The number of nitrogens with one attached hydrogen (secondary N) is 3. The van der Waals surface area contributed by atoms with Crippen molar-refractivity contribution < 1.29 is 22.7 Å². The van der Waals surface area contributed by atoms with Gasteiger partial charge >= 0.3 is 0 Å². The number of hydrogen-bond acceptors (Lipinski definition) is 5. The van der Waals surface area contributed by atoms with E-state index in [9.17, 15) is 18.0 Å². The van der Waals surface area contributed by atoms with E-state index in [-0.39, 0.29) is 29.7 Å². The number of rotatable bonds is 9. The first-order chi connectivity index (χ1) is 14.1. The van der Waals surface area contributed by atoms with E-state index in [1.807, 2.05) is 13.8 Å². The molecular weight excluding hydrogens is 406 g/mol. The van der Waals surface area contributed by atoms with Crippen molar-refractivity contribution in [2.24, 2.45) is 0 Å². The Bertz CT molecular complexity index is 1000. The van der Waals surface area contributed by atoms with E-state index >= 15 is 0 Å². The number of methoxy groups -OCH3 is 1. The van der Waals surface area contributed by atoms with Crippen LogP contribution in [0.25, 0.3) is 0 Å². The van der Waals surface area contributed by atoms with Crippen LogP contribution in [0.4, 0.5) is 11.4 Å². The van der Waals surface area contributed by atoms with Crippen LogP contribution in [-0.2, 0) is 19.6 Å². The molecule has 0 radical (unpaired) electrons. The Morgan fingerprint density at radius 2 is 1.70 bits per heavy atom. The third-order valence-electron chi connectivity index (χ3n) is 4.30. The first-order valence-electron chi connectivity index (χ1n) is 9.47. The molecule has 0 saturated carbocycles. The minimum absolute atomic E-state index is 0.0468. The van der Waals surface area contributed by atoms with Gasteiger partial charge in [0.1, 0.15) is 5.75 Å². The Balaban J connectivity index is 1.93. The topological polar surface area (TPSA) is 114 Å². The van der Waals surface area contributed by atoms with Crippen LogP contribution in [0.15, 0.2) is 47.4 Å². The second-order valence-electron chi connectivity index (χ2n) is 7.02. The van der Waals surface area contributed by atoms with Crippen LogP contribution in [0.2, 0.25) is 0 Å². The molecule has 9 heteroatoms. The van der Waals surface area contributed by atoms with E-state index in [2.05, 4.69) is 15.4 Å². The van der Waals surface area contributed by atoms with E-state index in [0.29, 0.717) is 23.0 Å². The molecular formula is C21H27N3O5S. The lowest BCUT2D eigenvalue weighted by molar-refractivity contribution is -0.116. The summed E-state index contributed by atoms with van der Waals surface area (Å²) < 4.78 is 32.3. The third kappa shape index (κ3) is 6.57. The number of sulfonamides is 1. The molecule has 162 valence electrons. The van der Waals surface area contributed by atoms with E-state index in [1.165, 1.54) is 14.0 Å². The summed E-state index contributed by atoms with van der Waals surface area (Å²) >= 11 is 0. The van der Waals surface area contributed by atoms with Crippen LogP contribution in [0, 0.1) is 0 Å². The van der Waals surface area contributed by atoms with Crippen LogP contribution in [0.3, 0.4) is 0 Å². The van der Waals surface area contributed by atoms with Crippen LogP contribution in [-0.4, -0.2) is 33.9 Å². The molecule has 8 nitrogen and oxygen atoms in total. The highest BCUT2D eigenvalue weighted by molar-refractivity contribution is 7.89. The zero-order valence-corrected chi connectivity index (χ0v) is 18.3. The maximum absolute atomic E-state index is 12.4. The maximum atomic E-state index is 12.4. The van der Waals surface area contributed by atoms with Crippen molar-refractivity contribution in [2.45, 2.75) is 38.0 Å². The standard InChI is InChI=1S/C21H27N3O5S/c1-14(2)16-5-8-18(9-6-16)30(27,28)22-12-11-21(26)24-17-7-10-20(29-4)19(13-17)23-15(3)25/h5-10,13-14,22H,11-12H2,1-4H3,(H,23,25)(H,24,26). The monoisotopic (exact) mass is 433 g/mol. The van der Waals surface area contributed by atoms with E-state index in [0.717, 1.165) is 5.56 Å². The van der Waals surface area contributed by atoms with Gasteiger partial charge in [-0.15, -0.1) is 0 Å². The second kappa shape index (κ2) is 10.2. The second-order valence-corrected chi connectivity index (χ2v) is 8.78. The Hall–Kier alpha value is -2.91. The average molecular weight is 434 g/mol. The molecule has 0 heterocycles. The predicted molar refractivity (Wildman–Crippen MR) is 116 cm³/mol. The molecule has 30 heavy (non-hydrogen) atoms. The third-order valence-corrected chi connectivity index (χ3v) is 5.77. The van der Waals surface area contributed by atoms with Gasteiger partial charge < -0.3 is 15.4 Å². The summed E-state index contributed by atoms with van der Waals surface area (Å²) in [6.07, 6.45) is -0.0508. The van der Waals surface area contributed by atoms with Gasteiger partial charge in [-0.05, 0) is 41.8 Å². The molecule has 0 saturated heterocycles. The maximum Gasteiger partial charge on any atom is 0.240 e. The lowest BCUT2D eigenvalue weighted by atomic mass is 10.0. The molecule has 2 rings (SSSR count). The van der Waals surface area contributed by atoms with Crippen LogP contribution >= 0.6 is 0 Å². The van der Waals surface area contributed by atoms with Crippen LogP contribution < -0.4 is 20.1 Å². The van der Waals surface area contributed by atoms with Crippen molar-refractivity contribution in [1.82, 2.24) is 4.72 Å². The van der Waals surface area contributed by atoms with Crippen LogP contribution in [0.5, 0.6) is 5.75 Å². The molecule has 0 aliphatic carbocycles. The number of benzene rings is 2. The summed E-state index contributed by atoms with van der Waals surface area (Å²) in [6.45, 7) is 5.38. The van der Waals surface area contributed by atoms with Gasteiger partial charge in [0.2, 0.25) is 21.8 Å². The first kappa shape index (κ1) is 23.4. The predicted octanol–water partition coefficient (Wildman–Crippen LogP) is 3.08. The SMILES string of the molecule is COc1ccc(NC(=O)CCNS(=O)(=O)c2ccc(C(C)C)cc2)cc1NC(C)=O. The van der Waals surface area contributed by atoms with Gasteiger partial charge in [0.05, 0.1) is 17.7 Å². The molecule has 0 aromatic heterocycles. The highest BCUT2D eigenvalue weighted by Gasteiger charge is 2.15. The van der Waals surface area contributed by atoms with Gasteiger partial charge in [-0.3, -0.25) is 9.59 Å². The largest absolute Gasteiger partial charge is 0.495 e. The molecule has 0 atom stereocenters. The van der Waals surface area contributed by atoms with Crippen molar-refractivity contribution in [3.63, 3.8) is 0 Å². The fourth-order valence-corrected chi connectivity index (χ4v) is 3.74. The number of hydrogen-bond donors (Lipinski definition) is 3. The Labute approximate surface area is 177 Å². The van der Waals surface area contributed by atoms with Gasteiger partial charge in [0.15, 0.2) is 0 Å². The Morgan fingerprint density at radius 1 is 1.03 bits per heavy atom. The van der Waals surface area contributed by atoms with Crippen molar-refractivity contribution in [3.8, 4) is 5.75 Å². The normalized spacial score (nSPS) is 11.2. The minimum Gasteiger partial charge on any atom is -0.495 e. The fourth-order valence-electron chi connectivity index (χ4n) is 2.71. The summed E-state index contributed by atoms with van der Waals surface area (Å²) in [4.78, 5) is 23.6. The summed E-state index contributed by atoms with van der Waals surface area (Å²) in [5, 5.41) is 5.30. The van der Waals surface area contributed by atoms with Crippen molar-refractivity contribution >= 4 is 33.2 Å². The molecule has 3 N–H and O–H groups in total. The summed E-state index contributed by atoms with van der Waals surface area (Å²) in [7, 11) is -2.22. The zero-order chi connectivity index (χ0) is 22.3. The van der Waals surface area contributed by atoms with Crippen LogP contribution in [0.1, 0.15) is 38.7 Å². The van der Waals surface area contributed by atoms with E-state index in [1.54, 1.807) is 42.5 Å². The Kier molecular flexibility index (Phi) is 7.96. The molecule has 2 aromatic carbocycles. The van der Waals surface area contributed by atoms with Gasteiger partial charge in [-0.25, -0.2) is 13.1 Å². The number of amides is 2. The Morgan fingerprint density at radius 3 is 2.27 bits per heavy atom.